The zero-order valence-electron chi connectivity index (χ0n) is 8.39. The number of carbonyl (C=O) groups excluding carboxylic acids is 1. The number of aromatic nitrogens is 1. The number of ketones is 1. The number of hydrogen-bond acceptors (Lipinski definition) is 3. The predicted molar refractivity (Wildman–Crippen MR) is 54.6 cm³/mol. The summed E-state index contributed by atoms with van der Waals surface area (Å²) in [5.74, 6) is 0.0536. The molecule has 0 aliphatic carbocycles. The summed E-state index contributed by atoms with van der Waals surface area (Å²) in [5, 5.41) is 0. The third kappa shape index (κ3) is 2.33. The summed E-state index contributed by atoms with van der Waals surface area (Å²) in [5.41, 5.74) is -0.134. The Bertz CT molecular complexity index is 404. The van der Waals surface area contributed by atoms with Gasteiger partial charge in [-0.05, 0) is 12.5 Å². The van der Waals surface area contributed by atoms with E-state index < -0.39 is 0 Å². The number of hydrogen-bond donors (Lipinski definition) is 0. The van der Waals surface area contributed by atoms with Crippen molar-refractivity contribution < 1.29 is 9.53 Å². The highest BCUT2D eigenvalue weighted by molar-refractivity contribution is 5.81. The maximum Gasteiger partial charge on any atom is 0.250 e. The zero-order valence-corrected chi connectivity index (χ0v) is 8.39. The monoisotopic (exact) mass is 207 g/mol. The third-order valence-corrected chi connectivity index (χ3v) is 2.61. The van der Waals surface area contributed by atoms with Crippen LogP contribution >= 0.6 is 0 Å². The molecule has 1 atom stereocenters. The molecule has 80 valence electrons. The minimum Gasteiger partial charge on any atom is -0.381 e. The summed E-state index contributed by atoms with van der Waals surface area (Å²) in [4.78, 5) is 23.1. The van der Waals surface area contributed by atoms with E-state index in [1.165, 1.54) is 10.6 Å². The fourth-order valence-corrected chi connectivity index (χ4v) is 1.68. The number of Topliss-reactive ketones (excluding diaryl/α,β-unsaturated/α-hetero) is 1. The van der Waals surface area contributed by atoms with E-state index in [0.29, 0.717) is 13.2 Å². The van der Waals surface area contributed by atoms with Crippen LogP contribution in [0.2, 0.25) is 0 Å². The second-order valence-electron chi connectivity index (χ2n) is 3.69. The fourth-order valence-electron chi connectivity index (χ4n) is 1.68. The highest BCUT2D eigenvalue weighted by atomic mass is 16.5. The molecule has 0 spiro atoms. The zero-order chi connectivity index (χ0) is 10.7. The lowest BCUT2D eigenvalue weighted by Crippen LogP contribution is -2.27. The highest BCUT2D eigenvalue weighted by Gasteiger charge is 2.23. The molecule has 4 heteroatoms. The third-order valence-electron chi connectivity index (χ3n) is 2.61. The minimum atomic E-state index is -0.134. The molecule has 1 aliphatic heterocycles. The van der Waals surface area contributed by atoms with E-state index in [-0.39, 0.29) is 23.8 Å². The molecule has 1 saturated heterocycles. The Morgan fingerprint density at radius 2 is 2.40 bits per heavy atom. The van der Waals surface area contributed by atoms with Crippen LogP contribution in [0.25, 0.3) is 0 Å². The molecule has 1 fully saturated rings. The summed E-state index contributed by atoms with van der Waals surface area (Å²) in [7, 11) is 0. The highest BCUT2D eigenvalue weighted by Crippen LogP contribution is 2.13. The first-order valence-corrected chi connectivity index (χ1v) is 5.03. The van der Waals surface area contributed by atoms with E-state index in [0.717, 1.165) is 6.42 Å². The van der Waals surface area contributed by atoms with Crippen LogP contribution in [-0.4, -0.2) is 23.6 Å². The van der Waals surface area contributed by atoms with Crippen LogP contribution in [0.1, 0.15) is 6.42 Å². The average Bonchev–Trinajstić information content (AvgIpc) is 2.74. The number of rotatable bonds is 3. The Morgan fingerprint density at radius 3 is 3.07 bits per heavy atom. The van der Waals surface area contributed by atoms with Gasteiger partial charge < -0.3 is 9.30 Å². The molecule has 0 amide bonds. The van der Waals surface area contributed by atoms with Crippen molar-refractivity contribution in [2.45, 2.75) is 13.0 Å². The molecule has 0 radical (unpaired) electrons. The molecular weight excluding hydrogens is 194 g/mol. The van der Waals surface area contributed by atoms with Crippen molar-refractivity contribution in [3.05, 3.63) is 34.7 Å². The Kier molecular flexibility index (Phi) is 2.97. The van der Waals surface area contributed by atoms with Crippen LogP contribution in [0.4, 0.5) is 0 Å². The second kappa shape index (κ2) is 4.40. The molecule has 1 unspecified atom stereocenters. The van der Waals surface area contributed by atoms with Crippen LogP contribution in [0.5, 0.6) is 0 Å². The summed E-state index contributed by atoms with van der Waals surface area (Å²) < 4.78 is 6.57. The number of ether oxygens (including phenoxy) is 1. The Labute approximate surface area is 87.5 Å². The predicted octanol–water partition coefficient (Wildman–Crippen LogP) is 0.454. The quantitative estimate of drug-likeness (QED) is 0.723. The van der Waals surface area contributed by atoms with Crippen molar-refractivity contribution in [2.75, 3.05) is 13.2 Å². The smallest absolute Gasteiger partial charge is 0.250 e. The van der Waals surface area contributed by atoms with Gasteiger partial charge in [0.25, 0.3) is 5.56 Å². The summed E-state index contributed by atoms with van der Waals surface area (Å²) >= 11 is 0. The van der Waals surface area contributed by atoms with Crippen molar-refractivity contribution in [2.24, 2.45) is 5.92 Å². The van der Waals surface area contributed by atoms with Crippen LogP contribution < -0.4 is 5.56 Å². The topological polar surface area (TPSA) is 48.3 Å². The Morgan fingerprint density at radius 1 is 1.53 bits per heavy atom. The average molecular weight is 207 g/mol. The summed E-state index contributed by atoms with van der Waals surface area (Å²) in [6.07, 6.45) is 2.41. The molecule has 1 aromatic heterocycles. The fraction of sp³-hybridized carbons (Fsp3) is 0.455. The van der Waals surface area contributed by atoms with Crippen LogP contribution in [0, 0.1) is 5.92 Å². The second-order valence-corrected chi connectivity index (χ2v) is 3.69. The molecule has 1 aliphatic rings. The molecule has 2 heterocycles. The van der Waals surface area contributed by atoms with Gasteiger partial charge in [0.2, 0.25) is 0 Å². The van der Waals surface area contributed by atoms with E-state index in [2.05, 4.69) is 0 Å². The van der Waals surface area contributed by atoms with Crippen molar-refractivity contribution in [1.82, 2.24) is 4.57 Å². The van der Waals surface area contributed by atoms with Gasteiger partial charge in [0.15, 0.2) is 5.78 Å². The standard InChI is InChI=1S/C11H13NO3/c13-10(9-4-6-15-8-9)7-12-5-2-1-3-11(12)14/h1-3,5,9H,4,6-8H2. The first kappa shape index (κ1) is 10.1. The summed E-state index contributed by atoms with van der Waals surface area (Å²) in [6.45, 7) is 1.31. The Balaban J connectivity index is 2.05. The first-order chi connectivity index (χ1) is 7.27. The van der Waals surface area contributed by atoms with Gasteiger partial charge in [0, 0.05) is 24.8 Å². The molecule has 0 bridgehead atoms. The van der Waals surface area contributed by atoms with Crippen molar-refractivity contribution >= 4 is 5.78 Å². The number of pyridine rings is 1. The van der Waals surface area contributed by atoms with E-state index in [1.54, 1.807) is 18.3 Å². The van der Waals surface area contributed by atoms with Gasteiger partial charge in [-0.1, -0.05) is 6.07 Å². The first-order valence-electron chi connectivity index (χ1n) is 5.03. The van der Waals surface area contributed by atoms with Gasteiger partial charge in [0.1, 0.15) is 0 Å². The molecule has 15 heavy (non-hydrogen) atoms. The number of nitrogens with zero attached hydrogens (tertiary/aromatic N) is 1. The van der Waals surface area contributed by atoms with Gasteiger partial charge in [-0.25, -0.2) is 0 Å². The lowest BCUT2D eigenvalue weighted by Gasteiger charge is -2.07. The van der Waals surface area contributed by atoms with E-state index in [1.807, 2.05) is 0 Å². The lowest BCUT2D eigenvalue weighted by atomic mass is 10.0. The van der Waals surface area contributed by atoms with Crippen LogP contribution in [0.15, 0.2) is 29.2 Å². The van der Waals surface area contributed by atoms with E-state index in [4.69, 9.17) is 4.74 Å². The van der Waals surface area contributed by atoms with E-state index in [9.17, 15) is 9.59 Å². The van der Waals surface area contributed by atoms with E-state index >= 15 is 0 Å². The molecule has 0 aromatic carbocycles. The molecule has 2 rings (SSSR count). The molecule has 1 aromatic rings. The molecular formula is C11H13NO3. The van der Waals surface area contributed by atoms with Gasteiger partial charge in [-0.15, -0.1) is 0 Å². The lowest BCUT2D eigenvalue weighted by molar-refractivity contribution is -0.123. The van der Waals surface area contributed by atoms with Gasteiger partial charge in [0.05, 0.1) is 13.2 Å². The van der Waals surface area contributed by atoms with Crippen LogP contribution in [-0.2, 0) is 16.1 Å². The maximum absolute atomic E-state index is 11.7. The minimum absolute atomic E-state index is 0.0305. The van der Waals surface area contributed by atoms with Crippen molar-refractivity contribution in [3.8, 4) is 0 Å². The molecule has 4 nitrogen and oxygen atoms in total. The largest absolute Gasteiger partial charge is 0.381 e. The van der Waals surface area contributed by atoms with Crippen molar-refractivity contribution in [1.29, 1.82) is 0 Å². The SMILES string of the molecule is O=C(Cn1ccccc1=O)C1CCOC1. The Hall–Kier alpha value is -1.42. The number of carbonyl (C=O) groups is 1. The summed E-state index contributed by atoms with van der Waals surface area (Å²) in [6, 6.07) is 4.88. The normalized spacial score (nSPS) is 20.4. The van der Waals surface area contributed by atoms with Gasteiger partial charge in [-0.3, -0.25) is 9.59 Å². The van der Waals surface area contributed by atoms with Crippen LogP contribution in [0.3, 0.4) is 0 Å². The maximum atomic E-state index is 11.7. The van der Waals surface area contributed by atoms with Gasteiger partial charge >= 0.3 is 0 Å². The van der Waals surface area contributed by atoms with Crippen molar-refractivity contribution in [3.63, 3.8) is 0 Å². The molecule has 0 saturated carbocycles. The van der Waals surface area contributed by atoms with Gasteiger partial charge in [-0.2, -0.15) is 0 Å². The molecule has 0 N–H and O–H groups in total.